The molecule has 2 rings (SSSR count). The average Bonchev–Trinajstić information content (AvgIpc) is 2.40. The van der Waals surface area contributed by atoms with E-state index in [-0.39, 0.29) is 18.1 Å². The highest BCUT2D eigenvalue weighted by molar-refractivity contribution is 5.58. The van der Waals surface area contributed by atoms with Gasteiger partial charge in [0.1, 0.15) is 0 Å². The smallest absolute Gasteiger partial charge is 0.323 e. The molecule has 0 radical (unpaired) electrons. The summed E-state index contributed by atoms with van der Waals surface area (Å²) in [4.78, 5) is 14.5. The third-order valence-electron chi connectivity index (χ3n) is 2.86. The number of rotatable bonds is 5. The van der Waals surface area contributed by atoms with Gasteiger partial charge in [0.2, 0.25) is 11.9 Å². The van der Waals surface area contributed by atoms with Gasteiger partial charge in [-0.3, -0.25) is 0 Å². The number of aromatic nitrogens is 3. The summed E-state index contributed by atoms with van der Waals surface area (Å²) < 4.78 is 5.52. The highest BCUT2D eigenvalue weighted by atomic mass is 16.5. The van der Waals surface area contributed by atoms with Crippen LogP contribution >= 0.6 is 0 Å². The van der Waals surface area contributed by atoms with Gasteiger partial charge in [-0.1, -0.05) is 17.7 Å². The van der Waals surface area contributed by atoms with Gasteiger partial charge in [0, 0.05) is 12.2 Å². The van der Waals surface area contributed by atoms with Gasteiger partial charge < -0.3 is 15.4 Å². The molecule has 6 heteroatoms. The standard InChI is InChI=1S/C15H21N5O/c1-5-20(12-8-6-11(4)7-9-12)14-17-13(16)18-15(19-14)21-10(2)3/h6-10H,5H2,1-4H3,(H2,16,17,18,19). The van der Waals surface area contributed by atoms with E-state index in [9.17, 15) is 0 Å². The number of aryl methyl sites for hydroxylation is 1. The first-order chi connectivity index (χ1) is 9.99. The lowest BCUT2D eigenvalue weighted by Gasteiger charge is -2.21. The topological polar surface area (TPSA) is 77.2 Å². The van der Waals surface area contributed by atoms with E-state index in [0.717, 1.165) is 5.69 Å². The number of nitrogen functional groups attached to an aromatic ring is 1. The number of hydrogen-bond acceptors (Lipinski definition) is 6. The number of nitrogens with zero attached hydrogens (tertiary/aromatic N) is 4. The predicted molar refractivity (Wildman–Crippen MR) is 83.9 cm³/mol. The van der Waals surface area contributed by atoms with Crippen LogP contribution in [-0.4, -0.2) is 27.6 Å². The summed E-state index contributed by atoms with van der Waals surface area (Å²) in [5.74, 6) is 0.644. The summed E-state index contributed by atoms with van der Waals surface area (Å²) in [7, 11) is 0. The largest absolute Gasteiger partial charge is 0.461 e. The second kappa shape index (κ2) is 6.39. The molecule has 1 heterocycles. The Morgan fingerprint density at radius 1 is 1.14 bits per heavy atom. The van der Waals surface area contributed by atoms with Gasteiger partial charge >= 0.3 is 6.01 Å². The second-order valence-corrected chi connectivity index (χ2v) is 5.02. The Morgan fingerprint density at radius 2 is 1.81 bits per heavy atom. The van der Waals surface area contributed by atoms with Crippen molar-refractivity contribution in [3.05, 3.63) is 29.8 Å². The molecular formula is C15H21N5O. The summed E-state index contributed by atoms with van der Waals surface area (Å²) in [5, 5.41) is 0. The molecule has 0 aliphatic carbocycles. The minimum Gasteiger partial charge on any atom is -0.461 e. The van der Waals surface area contributed by atoms with E-state index in [1.165, 1.54) is 5.56 Å². The fraction of sp³-hybridized carbons (Fsp3) is 0.400. The van der Waals surface area contributed by atoms with Gasteiger partial charge in [0.15, 0.2) is 0 Å². The predicted octanol–water partition coefficient (Wildman–Crippen LogP) is 2.71. The van der Waals surface area contributed by atoms with E-state index in [1.807, 2.05) is 49.9 Å². The molecule has 2 N–H and O–H groups in total. The van der Waals surface area contributed by atoms with Crippen LogP contribution in [0.2, 0.25) is 0 Å². The van der Waals surface area contributed by atoms with Crippen molar-refractivity contribution in [1.82, 2.24) is 15.0 Å². The van der Waals surface area contributed by atoms with Crippen molar-refractivity contribution < 1.29 is 4.74 Å². The third kappa shape index (κ3) is 3.81. The number of hydrogen-bond donors (Lipinski definition) is 1. The lowest BCUT2D eigenvalue weighted by atomic mass is 10.2. The van der Waals surface area contributed by atoms with Crippen LogP contribution in [0.15, 0.2) is 24.3 Å². The summed E-state index contributed by atoms with van der Waals surface area (Å²) in [6.45, 7) is 8.63. The fourth-order valence-electron chi connectivity index (χ4n) is 1.91. The van der Waals surface area contributed by atoms with Gasteiger partial charge in [-0.15, -0.1) is 0 Å². The Balaban J connectivity index is 2.37. The maximum absolute atomic E-state index is 5.76. The molecule has 0 amide bonds. The fourth-order valence-corrected chi connectivity index (χ4v) is 1.91. The zero-order valence-electron chi connectivity index (χ0n) is 12.9. The van der Waals surface area contributed by atoms with Crippen molar-refractivity contribution in [3.8, 4) is 6.01 Å². The maximum atomic E-state index is 5.76. The van der Waals surface area contributed by atoms with Gasteiger partial charge in [-0.2, -0.15) is 15.0 Å². The van der Waals surface area contributed by atoms with E-state index in [1.54, 1.807) is 0 Å². The first-order valence-electron chi connectivity index (χ1n) is 7.02. The van der Waals surface area contributed by atoms with Crippen molar-refractivity contribution >= 4 is 17.6 Å². The SMILES string of the molecule is CCN(c1ccc(C)cc1)c1nc(N)nc(OC(C)C)n1. The zero-order chi connectivity index (χ0) is 15.4. The summed E-state index contributed by atoms with van der Waals surface area (Å²) in [5.41, 5.74) is 7.97. The van der Waals surface area contributed by atoms with Crippen molar-refractivity contribution in [1.29, 1.82) is 0 Å². The Morgan fingerprint density at radius 3 is 2.38 bits per heavy atom. The Bertz CT molecular complexity index is 598. The highest BCUT2D eigenvalue weighted by Crippen LogP contribution is 2.24. The van der Waals surface area contributed by atoms with Crippen LogP contribution in [0, 0.1) is 6.92 Å². The van der Waals surface area contributed by atoms with Crippen molar-refractivity contribution in [3.63, 3.8) is 0 Å². The lowest BCUT2D eigenvalue weighted by molar-refractivity contribution is 0.222. The van der Waals surface area contributed by atoms with Crippen molar-refractivity contribution in [2.75, 3.05) is 17.2 Å². The van der Waals surface area contributed by atoms with E-state index in [0.29, 0.717) is 12.5 Å². The molecule has 0 fully saturated rings. The molecule has 0 bridgehead atoms. The Labute approximate surface area is 125 Å². The monoisotopic (exact) mass is 287 g/mol. The van der Waals surface area contributed by atoms with Crippen LogP contribution in [0.1, 0.15) is 26.3 Å². The lowest BCUT2D eigenvalue weighted by Crippen LogP contribution is -2.21. The highest BCUT2D eigenvalue weighted by Gasteiger charge is 2.14. The molecule has 0 saturated heterocycles. The van der Waals surface area contributed by atoms with E-state index in [4.69, 9.17) is 10.5 Å². The van der Waals surface area contributed by atoms with Gasteiger partial charge in [-0.25, -0.2) is 0 Å². The Hall–Kier alpha value is -2.37. The first-order valence-corrected chi connectivity index (χ1v) is 7.02. The van der Waals surface area contributed by atoms with Crippen LogP contribution in [0.4, 0.5) is 17.6 Å². The number of nitrogens with two attached hydrogens (primary N) is 1. The van der Waals surface area contributed by atoms with Gasteiger partial charge in [-0.05, 0) is 39.8 Å². The van der Waals surface area contributed by atoms with Crippen LogP contribution in [0.5, 0.6) is 6.01 Å². The van der Waals surface area contributed by atoms with Crippen LogP contribution in [-0.2, 0) is 0 Å². The molecular weight excluding hydrogens is 266 g/mol. The number of ether oxygens (including phenoxy) is 1. The summed E-state index contributed by atoms with van der Waals surface area (Å²) in [6, 6.07) is 8.41. The Kier molecular flexibility index (Phi) is 4.57. The molecule has 0 atom stereocenters. The summed E-state index contributed by atoms with van der Waals surface area (Å²) >= 11 is 0. The van der Waals surface area contributed by atoms with E-state index >= 15 is 0 Å². The van der Waals surface area contributed by atoms with Crippen LogP contribution in [0.3, 0.4) is 0 Å². The quantitative estimate of drug-likeness (QED) is 0.911. The van der Waals surface area contributed by atoms with Crippen LogP contribution < -0.4 is 15.4 Å². The molecule has 0 spiro atoms. The van der Waals surface area contributed by atoms with Gasteiger partial charge in [0.05, 0.1) is 6.10 Å². The molecule has 21 heavy (non-hydrogen) atoms. The number of benzene rings is 1. The zero-order valence-corrected chi connectivity index (χ0v) is 12.9. The van der Waals surface area contributed by atoms with E-state index in [2.05, 4.69) is 21.9 Å². The molecule has 1 aromatic carbocycles. The normalized spacial score (nSPS) is 10.7. The molecule has 6 nitrogen and oxygen atoms in total. The molecule has 2 aromatic rings. The van der Waals surface area contributed by atoms with Crippen molar-refractivity contribution in [2.45, 2.75) is 33.8 Å². The summed E-state index contributed by atoms with van der Waals surface area (Å²) in [6.07, 6.45) is -0.0194. The first kappa shape index (κ1) is 15.0. The molecule has 0 unspecified atom stereocenters. The molecule has 0 aliphatic rings. The third-order valence-corrected chi connectivity index (χ3v) is 2.86. The van der Waals surface area contributed by atoms with Crippen LogP contribution in [0.25, 0.3) is 0 Å². The van der Waals surface area contributed by atoms with E-state index < -0.39 is 0 Å². The minimum absolute atomic E-state index is 0.0194. The molecule has 1 aromatic heterocycles. The molecule has 112 valence electrons. The maximum Gasteiger partial charge on any atom is 0.323 e. The number of anilines is 3. The molecule has 0 saturated carbocycles. The van der Waals surface area contributed by atoms with Gasteiger partial charge in [0.25, 0.3) is 0 Å². The average molecular weight is 287 g/mol. The minimum atomic E-state index is -0.0194. The second-order valence-electron chi connectivity index (χ2n) is 5.02. The molecule has 0 aliphatic heterocycles. The van der Waals surface area contributed by atoms with Crippen molar-refractivity contribution in [2.24, 2.45) is 0 Å².